The van der Waals surface area contributed by atoms with Crippen LogP contribution in [-0.4, -0.2) is 5.11 Å². The third kappa shape index (κ3) is 1.29. The van der Waals surface area contributed by atoms with Crippen LogP contribution in [0.5, 0.6) is 0 Å². The Labute approximate surface area is 84.6 Å². The molecule has 3 N–H and O–H groups in total. The molecule has 0 aliphatic heterocycles. The molecule has 1 aromatic heterocycles. The molecule has 68 valence electrons. The Bertz CT molecular complexity index is 452. The first-order valence-corrected chi connectivity index (χ1v) is 5.04. The number of rotatable bonds is 1. The fourth-order valence-corrected chi connectivity index (χ4v) is 2.50. The van der Waals surface area contributed by atoms with Gasteiger partial charge in [-0.3, -0.25) is 0 Å². The Morgan fingerprint density at radius 2 is 2.31 bits per heavy atom. The molecular weight excluding hydrogens is 206 g/mol. The van der Waals surface area contributed by atoms with Crippen molar-refractivity contribution in [2.45, 2.75) is 6.61 Å². The Morgan fingerprint density at radius 3 is 3.00 bits per heavy atom. The van der Waals surface area contributed by atoms with Gasteiger partial charge in [-0.05, 0) is 28.5 Å². The number of hydrogen-bond donors (Lipinski definition) is 2. The van der Waals surface area contributed by atoms with Crippen LogP contribution in [0.1, 0.15) is 5.56 Å². The van der Waals surface area contributed by atoms with Gasteiger partial charge in [-0.2, -0.15) is 0 Å². The molecule has 0 saturated carbocycles. The van der Waals surface area contributed by atoms with Gasteiger partial charge >= 0.3 is 0 Å². The molecule has 2 rings (SSSR count). The average molecular weight is 214 g/mol. The van der Waals surface area contributed by atoms with Gasteiger partial charge in [0.1, 0.15) is 0 Å². The quantitative estimate of drug-likeness (QED) is 0.716. The Morgan fingerprint density at radius 1 is 1.54 bits per heavy atom. The molecule has 0 aliphatic carbocycles. The molecule has 2 aromatic rings. The number of halogens is 1. The highest BCUT2D eigenvalue weighted by molar-refractivity contribution is 7.18. The van der Waals surface area contributed by atoms with Crippen molar-refractivity contribution in [3.8, 4) is 0 Å². The molecule has 0 saturated heterocycles. The van der Waals surface area contributed by atoms with Crippen LogP contribution in [0.4, 0.5) is 5.69 Å². The van der Waals surface area contributed by atoms with Crippen LogP contribution in [0.3, 0.4) is 0 Å². The van der Waals surface area contributed by atoms with Gasteiger partial charge in [-0.25, -0.2) is 0 Å². The smallest absolute Gasteiger partial charge is 0.0813 e. The Kier molecular flexibility index (Phi) is 2.15. The number of fused-ring (bicyclic) bond motifs is 1. The number of hydrogen-bond acceptors (Lipinski definition) is 3. The normalized spacial score (nSPS) is 10.9. The maximum Gasteiger partial charge on any atom is 0.0813 e. The third-order valence-electron chi connectivity index (χ3n) is 1.96. The molecule has 0 bridgehead atoms. The summed E-state index contributed by atoms with van der Waals surface area (Å²) < 4.78 is 0.950. The van der Waals surface area contributed by atoms with Crippen LogP contribution in [0.15, 0.2) is 17.5 Å². The van der Waals surface area contributed by atoms with Crippen LogP contribution in [0, 0.1) is 0 Å². The van der Waals surface area contributed by atoms with Crippen molar-refractivity contribution in [2.24, 2.45) is 0 Å². The summed E-state index contributed by atoms with van der Waals surface area (Å²) in [6.45, 7) is -0.00535. The lowest BCUT2D eigenvalue weighted by Crippen LogP contribution is -1.91. The van der Waals surface area contributed by atoms with Gasteiger partial charge in [0.2, 0.25) is 0 Å². The molecule has 0 unspecified atom stereocenters. The maximum atomic E-state index is 9.08. The summed E-state index contributed by atoms with van der Waals surface area (Å²) in [6.07, 6.45) is 0. The fourth-order valence-electron chi connectivity index (χ4n) is 1.32. The highest BCUT2D eigenvalue weighted by Crippen LogP contribution is 2.35. The predicted octanol–water partition coefficient (Wildman–Crippen LogP) is 2.63. The molecule has 0 amide bonds. The van der Waals surface area contributed by atoms with E-state index in [0.29, 0.717) is 10.7 Å². The van der Waals surface area contributed by atoms with Gasteiger partial charge in [-0.15, -0.1) is 11.3 Å². The van der Waals surface area contributed by atoms with E-state index in [1.807, 2.05) is 11.4 Å². The van der Waals surface area contributed by atoms with E-state index in [0.717, 1.165) is 15.6 Å². The molecule has 1 aromatic carbocycles. The minimum Gasteiger partial charge on any atom is -0.397 e. The minimum absolute atomic E-state index is 0.00535. The molecule has 0 aliphatic rings. The monoisotopic (exact) mass is 213 g/mol. The molecule has 2 nitrogen and oxygen atoms in total. The number of nitrogen functional groups attached to an aromatic ring is 1. The van der Waals surface area contributed by atoms with E-state index in [1.165, 1.54) is 11.3 Å². The van der Waals surface area contributed by atoms with Gasteiger partial charge in [0, 0.05) is 0 Å². The van der Waals surface area contributed by atoms with Crippen LogP contribution in [0.25, 0.3) is 10.1 Å². The third-order valence-corrected chi connectivity index (χ3v) is 3.42. The zero-order chi connectivity index (χ0) is 9.42. The summed E-state index contributed by atoms with van der Waals surface area (Å²) in [6, 6.07) is 3.66. The summed E-state index contributed by atoms with van der Waals surface area (Å²) in [5.74, 6) is 0. The molecular formula is C9H8ClNOS. The van der Waals surface area contributed by atoms with Crippen LogP contribution in [-0.2, 0) is 6.61 Å². The second-order valence-corrected chi connectivity index (χ2v) is 4.05. The molecule has 0 atom stereocenters. The first-order valence-electron chi connectivity index (χ1n) is 3.79. The molecule has 0 fully saturated rings. The van der Waals surface area contributed by atoms with Crippen molar-refractivity contribution in [3.63, 3.8) is 0 Å². The van der Waals surface area contributed by atoms with Gasteiger partial charge < -0.3 is 10.8 Å². The number of thiophene rings is 1. The SMILES string of the molecule is Nc1cc(CO)c2ccsc2c1Cl. The lowest BCUT2D eigenvalue weighted by molar-refractivity contribution is 0.283. The number of aliphatic hydroxyl groups excluding tert-OH is 1. The number of aliphatic hydroxyl groups is 1. The zero-order valence-electron chi connectivity index (χ0n) is 6.75. The highest BCUT2D eigenvalue weighted by atomic mass is 35.5. The minimum atomic E-state index is -0.00535. The summed E-state index contributed by atoms with van der Waals surface area (Å²) in [7, 11) is 0. The van der Waals surface area contributed by atoms with E-state index in [2.05, 4.69) is 0 Å². The van der Waals surface area contributed by atoms with Gasteiger partial charge in [0.15, 0.2) is 0 Å². The van der Waals surface area contributed by atoms with E-state index in [9.17, 15) is 0 Å². The van der Waals surface area contributed by atoms with Gasteiger partial charge in [0.05, 0.1) is 22.0 Å². The second kappa shape index (κ2) is 3.18. The summed E-state index contributed by atoms with van der Waals surface area (Å²) in [5, 5.41) is 12.6. The molecule has 4 heteroatoms. The first-order chi connectivity index (χ1) is 6.24. The molecule has 13 heavy (non-hydrogen) atoms. The number of benzene rings is 1. The average Bonchev–Trinajstić information content (AvgIpc) is 2.60. The lowest BCUT2D eigenvalue weighted by Gasteiger charge is -2.04. The number of nitrogens with two attached hydrogens (primary N) is 1. The number of anilines is 1. The van der Waals surface area contributed by atoms with Crippen LogP contribution < -0.4 is 5.73 Å². The van der Waals surface area contributed by atoms with E-state index in [4.69, 9.17) is 22.4 Å². The topological polar surface area (TPSA) is 46.2 Å². The van der Waals surface area contributed by atoms with Gasteiger partial charge in [-0.1, -0.05) is 11.6 Å². The highest BCUT2D eigenvalue weighted by Gasteiger charge is 2.08. The van der Waals surface area contributed by atoms with Crippen molar-refractivity contribution in [3.05, 3.63) is 28.1 Å². The first kappa shape index (κ1) is 8.81. The zero-order valence-corrected chi connectivity index (χ0v) is 8.32. The summed E-state index contributed by atoms with van der Waals surface area (Å²) in [4.78, 5) is 0. The van der Waals surface area contributed by atoms with Crippen molar-refractivity contribution < 1.29 is 5.11 Å². The standard InChI is InChI=1S/C9H8ClNOS/c10-8-7(11)3-5(4-12)6-1-2-13-9(6)8/h1-3,12H,4,11H2. The fraction of sp³-hybridized carbons (Fsp3) is 0.111. The van der Waals surface area contributed by atoms with Crippen LogP contribution in [0.2, 0.25) is 5.02 Å². The lowest BCUT2D eigenvalue weighted by atomic mass is 10.1. The predicted molar refractivity (Wildman–Crippen MR) is 57.2 cm³/mol. The van der Waals surface area contributed by atoms with Crippen molar-refractivity contribution >= 4 is 38.7 Å². The van der Waals surface area contributed by atoms with E-state index in [1.54, 1.807) is 6.07 Å². The molecule has 1 heterocycles. The van der Waals surface area contributed by atoms with E-state index >= 15 is 0 Å². The Balaban J connectivity index is 2.87. The largest absolute Gasteiger partial charge is 0.397 e. The maximum absolute atomic E-state index is 9.08. The van der Waals surface area contributed by atoms with Crippen LogP contribution >= 0.6 is 22.9 Å². The molecule has 0 radical (unpaired) electrons. The summed E-state index contributed by atoms with van der Waals surface area (Å²) >= 11 is 7.53. The molecule has 0 spiro atoms. The summed E-state index contributed by atoms with van der Waals surface area (Å²) in [5.41, 5.74) is 7.05. The second-order valence-electron chi connectivity index (χ2n) is 2.76. The van der Waals surface area contributed by atoms with Gasteiger partial charge in [0.25, 0.3) is 0 Å². The van der Waals surface area contributed by atoms with Crippen molar-refractivity contribution in [1.29, 1.82) is 0 Å². The van der Waals surface area contributed by atoms with Crippen molar-refractivity contribution in [1.82, 2.24) is 0 Å². The van der Waals surface area contributed by atoms with E-state index in [-0.39, 0.29) is 6.61 Å². The van der Waals surface area contributed by atoms with E-state index < -0.39 is 0 Å². The Hall–Kier alpha value is -0.770. The van der Waals surface area contributed by atoms with Crippen molar-refractivity contribution in [2.75, 3.05) is 5.73 Å².